The molecule has 0 fully saturated rings. The van der Waals surface area contributed by atoms with Gasteiger partial charge in [0.25, 0.3) is 0 Å². The average Bonchev–Trinajstić information content (AvgIpc) is 3.00. The normalized spacial score (nSPS) is 11.2. The third-order valence-electron chi connectivity index (χ3n) is 7.77. The van der Waals surface area contributed by atoms with E-state index in [1.807, 2.05) is 30.7 Å². The largest absolute Gasteiger partial charge is 0.264 e. The van der Waals surface area contributed by atoms with Gasteiger partial charge in [-0.25, -0.2) is 0 Å². The molecule has 0 atom stereocenters. The molecule has 7 rings (SSSR count). The van der Waals surface area contributed by atoms with Crippen LogP contribution >= 0.6 is 0 Å². The summed E-state index contributed by atoms with van der Waals surface area (Å²) in [6, 6.07) is 41.6. The lowest BCUT2D eigenvalue weighted by Crippen LogP contribution is -1.92. The Morgan fingerprint density at radius 1 is 0.475 bits per heavy atom. The summed E-state index contributed by atoms with van der Waals surface area (Å²) in [6.07, 6.45) is 5.68. The predicted molar refractivity (Wildman–Crippen MR) is 168 cm³/mol. The molecule has 2 heterocycles. The van der Waals surface area contributed by atoms with Gasteiger partial charge in [0, 0.05) is 29.7 Å². The molecular formula is C38H28N2. The molecule has 2 heteroatoms. The van der Waals surface area contributed by atoms with Crippen LogP contribution in [0.25, 0.3) is 66.2 Å². The minimum Gasteiger partial charge on any atom is -0.264 e. The van der Waals surface area contributed by atoms with Crippen molar-refractivity contribution in [1.82, 2.24) is 9.97 Å². The van der Waals surface area contributed by atoms with Crippen molar-refractivity contribution in [3.8, 4) is 44.6 Å². The van der Waals surface area contributed by atoms with E-state index < -0.39 is 0 Å². The molecule has 0 aliphatic heterocycles. The second-order valence-electron chi connectivity index (χ2n) is 10.4. The minimum atomic E-state index is 1.00. The molecule has 0 saturated carbocycles. The molecule has 2 aromatic heterocycles. The van der Waals surface area contributed by atoms with Crippen LogP contribution in [0.4, 0.5) is 0 Å². The highest BCUT2D eigenvalue weighted by atomic mass is 14.7. The molecule has 40 heavy (non-hydrogen) atoms. The van der Waals surface area contributed by atoms with Crippen LogP contribution in [-0.4, -0.2) is 9.97 Å². The zero-order chi connectivity index (χ0) is 27.1. The van der Waals surface area contributed by atoms with Gasteiger partial charge in [0.1, 0.15) is 0 Å². The topological polar surface area (TPSA) is 25.8 Å². The van der Waals surface area contributed by atoms with Crippen LogP contribution in [0.1, 0.15) is 11.1 Å². The summed E-state index contributed by atoms with van der Waals surface area (Å²) >= 11 is 0. The number of fused-ring (bicyclic) bond motifs is 2. The lowest BCUT2D eigenvalue weighted by atomic mass is 9.85. The Balaban J connectivity index is 1.43. The van der Waals surface area contributed by atoms with E-state index in [-0.39, 0.29) is 0 Å². The number of hydrogen-bond acceptors (Lipinski definition) is 2. The van der Waals surface area contributed by atoms with Gasteiger partial charge >= 0.3 is 0 Å². The van der Waals surface area contributed by atoms with Gasteiger partial charge in [-0.3, -0.25) is 9.97 Å². The summed E-state index contributed by atoms with van der Waals surface area (Å²) in [4.78, 5) is 8.97. The van der Waals surface area contributed by atoms with Crippen molar-refractivity contribution in [3.63, 3.8) is 0 Å². The summed E-state index contributed by atoms with van der Waals surface area (Å²) < 4.78 is 0. The molecule has 5 aromatic carbocycles. The minimum absolute atomic E-state index is 1.00. The van der Waals surface area contributed by atoms with Crippen molar-refractivity contribution in [1.29, 1.82) is 0 Å². The number of benzene rings is 5. The van der Waals surface area contributed by atoms with E-state index in [4.69, 9.17) is 0 Å². The molecular weight excluding hydrogens is 484 g/mol. The van der Waals surface area contributed by atoms with Gasteiger partial charge in [0.05, 0.1) is 5.69 Å². The maximum atomic E-state index is 4.58. The molecule has 0 unspecified atom stereocenters. The summed E-state index contributed by atoms with van der Waals surface area (Å²) in [5.41, 5.74) is 11.8. The summed E-state index contributed by atoms with van der Waals surface area (Å²) in [6.45, 7) is 4.26. The van der Waals surface area contributed by atoms with Crippen molar-refractivity contribution in [2.45, 2.75) is 13.8 Å². The zero-order valence-electron chi connectivity index (χ0n) is 22.6. The first-order valence-corrected chi connectivity index (χ1v) is 13.7. The SMILES string of the molecule is Cc1cncc(-c2ccc(-c3c4ccccc4c(-c4ccc(-c5ccccn5)c(C)c4)c4ccccc34)cc2)c1. The van der Waals surface area contributed by atoms with Crippen LogP contribution < -0.4 is 0 Å². The fourth-order valence-corrected chi connectivity index (χ4v) is 5.92. The van der Waals surface area contributed by atoms with Gasteiger partial charge in [-0.2, -0.15) is 0 Å². The number of hydrogen-bond donors (Lipinski definition) is 0. The number of aryl methyl sites for hydroxylation is 2. The molecule has 0 radical (unpaired) electrons. The number of pyridine rings is 2. The first kappa shape index (κ1) is 24.0. The monoisotopic (exact) mass is 512 g/mol. The molecule has 2 nitrogen and oxygen atoms in total. The van der Waals surface area contributed by atoms with Gasteiger partial charge in [-0.15, -0.1) is 0 Å². The summed E-state index contributed by atoms with van der Waals surface area (Å²) in [5.74, 6) is 0. The maximum absolute atomic E-state index is 4.58. The number of rotatable bonds is 4. The van der Waals surface area contributed by atoms with Crippen molar-refractivity contribution < 1.29 is 0 Å². The molecule has 0 N–H and O–H groups in total. The van der Waals surface area contributed by atoms with E-state index in [1.165, 1.54) is 60.5 Å². The number of nitrogens with zero attached hydrogens (tertiary/aromatic N) is 2. The second-order valence-corrected chi connectivity index (χ2v) is 10.4. The van der Waals surface area contributed by atoms with Crippen molar-refractivity contribution >= 4 is 21.5 Å². The Kier molecular flexibility index (Phi) is 5.94. The molecule has 190 valence electrons. The van der Waals surface area contributed by atoms with Crippen LogP contribution in [0.15, 0.2) is 134 Å². The molecule has 7 aromatic rings. The fourth-order valence-electron chi connectivity index (χ4n) is 5.92. The molecule has 0 aliphatic rings. The van der Waals surface area contributed by atoms with Gasteiger partial charge in [0.15, 0.2) is 0 Å². The zero-order valence-corrected chi connectivity index (χ0v) is 22.6. The lowest BCUT2D eigenvalue weighted by Gasteiger charge is -2.18. The van der Waals surface area contributed by atoms with Crippen LogP contribution in [0.2, 0.25) is 0 Å². The van der Waals surface area contributed by atoms with Crippen molar-refractivity contribution in [2.24, 2.45) is 0 Å². The molecule has 0 bridgehead atoms. The van der Waals surface area contributed by atoms with E-state index in [0.717, 1.165) is 16.8 Å². The van der Waals surface area contributed by atoms with Crippen LogP contribution in [0.3, 0.4) is 0 Å². The second kappa shape index (κ2) is 9.91. The van der Waals surface area contributed by atoms with Crippen molar-refractivity contribution in [2.75, 3.05) is 0 Å². The maximum Gasteiger partial charge on any atom is 0.0704 e. The first-order valence-electron chi connectivity index (χ1n) is 13.7. The molecule has 0 saturated heterocycles. The Morgan fingerprint density at radius 2 is 1.05 bits per heavy atom. The first-order chi connectivity index (χ1) is 19.7. The standard InChI is InChI=1S/C38H28N2/c1-25-21-30(24-39-23-25)27-14-16-28(17-15-27)37-32-9-3-5-11-34(32)38(35-12-6-4-10-33(35)37)29-18-19-31(26(2)22-29)36-13-7-8-20-40-36/h3-24H,1-2H3. The highest BCUT2D eigenvalue weighted by Crippen LogP contribution is 2.44. The van der Waals surface area contributed by atoms with Crippen molar-refractivity contribution in [3.05, 3.63) is 145 Å². The van der Waals surface area contributed by atoms with Crippen LogP contribution in [0.5, 0.6) is 0 Å². The highest BCUT2D eigenvalue weighted by molar-refractivity contribution is 6.21. The van der Waals surface area contributed by atoms with E-state index in [9.17, 15) is 0 Å². The van der Waals surface area contributed by atoms with Crippen LogP contribution in [0, 0.1) is 13.8 Å². The van der Waals surface area contributed by atoms with Gasteiger partial charge < -0.3 is 0 Å². The van der Waals surface area contributed by atoms with E-state index in [0.29, 0.717) is 0 Å². The summed E-state index contributed by atoms with van der Waals surface area (Å²) in [5, 5.41) is 5.03. The molecule has 0 aliphatic carbocycles. The molecule has 0 amide bonds. The predicted octanol–water partition coefficient (Wildman–Crippen LogP) is 10.1. The van der Waals surface area contributed by atoms with Gasteiger partial charge in [-0.1, -0.05) is 97.1 Å². The number of aromatic nitrogens is 2. The van der Waals surface area contributed by atoms with E-state index in [1.54, 1.807) is 0 Å². The van der Waals surface area contributed by atoms with Crippen LogP contribution in [-0.2, 0) is 0 Å². The van der Waals surface area contributed by atoms with Gasteiger partial charge in [0.2, 0.25) is 0 Å². The quantitative estimate of drug-likeness (QED) is 0.219. The van der Waals surface area contributed by atoms with E-state index in [2.05, 4.69) is 127 Å². The van der Waals surface area contributed by atoms with E-state index >= 15 is 0 Å². The third kappa shape index (κ3) is 4.15. The Hall–Kier alpha value is -5.08. The molecule has 0 spiro atoms. The smallest absolute Gasteiger partial charge is 0.0704 e. The Bertz CT molecular complexity index is 1950. The highest BCUT2D eigenvalue weighted by Gasteiger charge is 2.17. The summed E-state index contributed by atoms with van der Waals surface area (Å²) in [7, 11) is 0. The fraction of sp³-hybridized carbons (Fsp3) is 0.0526. The Morgan fingerprint density at radius 3 is 1.62 bits per heavy atom. The van der Waals surface area contributed by atoms with Gasteiger partial charge in [-0.05, 0) is 92.5 Å². The lowest BCUT2D eigenvalue weighted by molar-refractivity contribution is 1.27. The average molecular weight is 513 g/mol. The third-order valence-corrected chi connectivity index (χ3v) is 7.77. The Labute approximate surface area is 234 Å².